The topological polar surface area (TPSA) is 161 Å². The average Bonchev–Trinajstić information content (AvgIpc) is 2.98. The molecular weight excluding hydrogens is 448 g/mol. The van der Waals surface area contributed by atoms with Crippen molar-refractivity contribution in [3.63, 3.8) is 0 Å². The van der Waals surface area contributed by atoms with Gasteiger partial charge in [-0.2, -0.15) is 27.7 Å². The lowest BCUT2D eigenvalue weighted by Gasteiger charge is -2.28. The maximum Gasteiger partial charge on any atom is 0.295 e. The largest absolute Gasteiger partial charge is 0.397 e. The molecular formula is C19H22N2O6S3. The molecule has 0 unspecified atom stereocenters. The quantitative estimate of drug-likeness (QED) is 0.329. The Morgan fingerprint density at radius 2 is 1.30 bits per heavy atom. The molecule has 3 rings (SSSR count). The number of thiol groups is 1. The van der Waals surface area contributed by atoms with Crippen LogP contribution in [0.1, 0.15) is 25.0 Å². The minimum atomic E-state index is -4.53. The molecule has 0 saturated carbocycles. The van der Waals surface area contributed by atoms with Crippen LogP contribution in [0.15, 0.2) is 79.4 Å². The standard InChI is InChI=1S/C19H22N2O6S3/c1-19(2,12-3-6-14(7-4-12)29(22,23)24)13-5-8-17(18(9-13)30(25,26)27)28-10-15(20)16(21)11-28/h3-11,28H,20-21H2,1-2H3,(H,22,23,24)(H,25,26,27). The van der Waals surface area contributed by atoms with Gasteiger partial charge in [0.15, 0.2) is 0 Å². The van der Waals surface area contributed by atoms with Gasteiger partial charge in [-0.05, 0) is 46.2 Å². The molecule has 2 aromatic rings. The maximum atomic E-state index is 12.1. The molecule has 0 bridgehead atoms. The van der Waals surface area contributed by atoms with Crippen LogP contribution in [0.5, 0.6) is 0 Å². The molecule has 1 heterocycles. The van der Waals surface area contributed by atoms with Crippen LogP contribution in [0, 0.1) is 0 Å². The summed E-state index contributed by atoms with van der Waals surface area (Å²) in [5, 5.41) is 3.35. The molecule has 30 heavy (non-hydrogen) atoms. The van der Waals surface area contributed by atoms with Gasteiger partial charge < -0.3 is 11.5 Å². The third-order valence-electron chi connectivity index (χ3n) is 5.00. The van der Waals surface area contributed by atoms with E-state index in [1.165, 1.54) is 30.3 Å². The lowest BCUT2D eigenvalue weighted by Crippen LogP contribution is -2.20. The molecule has 0 radical (unpaired) electrons. The van der Waals surface area contributed by atoms with E-state index in [0.717, 1.165) is 0 Å². The van der Waals surface area contributed by atoms with E-state index in [9.17, 15) is 21.4 Å². The van der Waals surface area contributed by atoms with Crippen LogP contribution in [0.4, 0.5) is 0 Å². The first-order valence-electron chi connectivity index (χ1n) is 8.64. The van der Waals surface area contributed by atoms with Gasteiger partial charge in [-0.15, -0.1) is 0 Å². The Labute approximate surface area is 178 Å². The maximum absolute atomic E-state index is 12.1. The third kappa shape index (κ3) is 4.25. The molecule has 162 valence electrons. The van der Waals surface area contributed by atoms with Crippen molar-refractivity contribution in [1.82, 2.24) is 0 Å². The van der Waals surface area contributed by atoms with E-state index >= 15 is 0 Å². The van der Waals surface area contributed by atoms with E-state index in [0.29, 0.717) is 27.4 Å². The Morgan fingerprint density at radius 3 is 1.77 bits per heavy atom. The first-order chi connectivity index (χ1) is 13.7. The van der Waals surface area contributed by atoms with Crippen LogP contribution in [-0.4, -0.2) is 25.9 Å². The second kappa shape index (κ2) is 7.43. The summed E-state index contributed by atoms with van der Waals surface area (Å²) in [6, 6.07) is 10.4. The minimum absolute atomic E-state index is 0.233. The minimum Gasteiger partial charge on any atom is -0.397 e. The van der Waals surface area contributed by atoms with Gasteiger partial charge in [0.1, 0.15) is 4.90 Å². The SMILES string of the molecule is CC(C)(c1ccc(S(=O)(=O)O)cc1)c1ccc([SH]2C=C(N)C(N)=C2)c(S(=O)(=O)O)c1. The van der Waals surface area contributed by atoms with Crippen molar-refractivity contribution in [1.29, 1.82) is 0 Å². The van der Waals surface area contributed by atoms with Gasteiger partial charge in [0.25, 0.3) is 20.2 Å². The second-order valence-corrected chi connectivity index (χ2v) is 12.0. The van der Waals surface area contributed by atoms with Crippen molar-refractivity contribution < 1.29 is 25.9 Å². The monoisotopic (exact) mass is 470 g/mol. The summed E-state index contributed by atoms with van der Waals surface area (Å²) >= 11 is 0. The molecule has 0 spiro atoms. The summed E-state index contributed by atoms with van der Waals surface area (Å²) in [5.41, 5.74) is 12.9. The fourth-order valence-electron chi connectivity index (χ4n) is 3.16. The van der Waals surface area contributed by atoms with Gasteiger partial charge in [-0.25, -0.2) is 0 Å². The number of hydrogen-bond donors (Lipinski definition) is 5. The van der Waals surface area contributed by atoms with Crippen LogP contribution in [0.3, 0.4) is 0 Å². The van der Waals surface area contributed by atoms with E-state index in [4.69, 9.17) is 16.0 Å². The highest BCUT2D eigenvalue weighted by Gasteiger charge is 2.28. The molecule has 2 aromatic carbocycles. The molecule has 11 heteroatoms. The summed E-state index contributed by atoms with van der Waals surface area (Å²) in [4.78, 5) is -0.0743. The Hall–Kier alpha value is -2.31. The van der Waals surface area contributed by atoms with Crippen LogP contribution in [0.2, 0.25) is 0 Å². The Kier molecular flexibility index (Phi) is 5.54. The molecule has 1 aliphatic rings. The van der Waals surface area contributed by atoms with Crippen molar-refractivity contribution in [2.24, 2.45) is 11.5 Å². The average molecular weight is 471 g/mol. The molecule has 0 aliphatic carbocycles. The smallest absolute Gasteiger partial charge is 0.295 e. The molecule has 6 N–H and O–H groups in total. The van der Waals surface area contributed by atoms with Crippen LogP contribution < -0.4 is 11.5 Å². The summed E-state index contributed by atoms with van der Waals surface area (Å²) in [5.74, 6) is 0. The van der Waals surface area contributed by atoms with Crippen molar-refractivity contribution in [2.45, 2.75) is 33.9 Å². The zero-order valence-corrected chi connectivity index (χ0v) is 18.7. The van der Waals surface area contributed by atoms with Crippen LogP contribution >= 0.6 is 10.9 Å². The van der Waals surface area contributed by atoms with Crippen molar-refractivity contribution in [3.05, 3.63) is 75.8 Å². The van der Waals surface area contributed by atoms with Crippen molar-refractivity contribution >= 4 is 31.1 Å². The molecule has 1 aliphatic heterocycles. The fraction of sp³-hybridized carbons (Fsp3) is 0.158. The van der Waals surface area contributed by atoms with E-state index in [1.54, 1.807) is 22.9 Å². The van der Waals surface area contributed by atoms with E-state index in [2.05, 4.69) is 0 Å². The molecule has 0 amide bonds. The van der Waals surface area contributed by atoms with Gasteiger partial charge in [0.2, 0.25) is 0 Å². The Balaban J connectivity index is 2.10. The number of hydrogen-bond acceptors (Lipinski definition) is 6. The molecule has 0 fully saturated rings. The molecule has 0 saturated heterocycles. The zero-order chi connectivity index (χ0) is 22.5. The predicted octanol–water partition coefficient (Wildman–Crippen LogP) is 2.48. The Morgan fingerprint density at radius 1 is 0.800 bits per heavy atom. The van der Waals surface area contributed by atoms with E-state index < -0.39 is 36.5 Å². The Bertz CT molecular complexity index is 1260. The first kappa shape index (κ1) is 22.4. The van der Waals surface area contributed by atoms with Gasteiger partial charge in [0, 0.05) is 10.3 Å². The van der Waals surface area contributed by atoms with E-state index in [-0.39, 0.29) is 9.79 Å². The molecule has 8 nitrogen and oxygen atoms in total. The lowest BCUT2D eigenvalue weighted by molar-refractivity contribution is 0.479. The van der Waals surface area contributed by atoms with Gasteiger partial charge in [-0.1, -0.05) is 32.0 Å². The van der Waals surface area contributed by atoms with Crippen LogP contribution in [0.25, 0.3) is 0 Å². The summed E-state index contributed by atoms with van der Waals surface area (Å²) in [6.07, 6.45) is 0. The predicted molar refractivity (Wildman–Crippen MR) is 116 cm³/mol. The molecule has 0 atom stereocenters. The van der Waals surface area contributed by atoms with Crippen LogP contribution in [-0.2, 0) is 25.7 Å². The lowest BCUT2D eigenvalue weighted by atomic mass is 9.78. The van der Waals surface area contributed by atoms with Crippen molar-refractivity contribution in [2.75, 3.05) is 0 Å². The summed E-state index contributed by atoms with van der Waals surface area (Å²) < 4.78 is 65.7. The zero-order valence-electron chi connectivity index (χ0n) is 16.1. The highest BCUT2D eigenvalue weighted by Crippen LogP contribution is 2.48. The molecule has 0 aromatic heterocycles. The summed E-state index contributed by atoms with van der Waals surface area (Å²) in [6.45, 7) is 3.66. The van der Waals surface area contributed by atoms with Crippen molar-refractivity contribution in [3.8, 4) is 0 Å². The summed E-state index contributed by atoms with van der Waals surface area (Å²) in [7, 11) is -10.1. The van der Waals surface area contributed by atoms with E-state index in [1.807, 2.05) is 13.8 Å². The first-order valence-corrected chi connectivity index (χ1v) is 13.0. The highest BCUT2D eigenvalue weighted by atomic mass is 32.2. The van der Waals surface area contributed by atoms with Gasteiger partial charge in [-0.3, -0.25) is 9.11 Å². The number of nitrogens with two attached hydrogens (primary N) is 2. The second-order valence-electron chi connectivity index (χ2n) is 7.36. The highest BCUT2D eigenvalue weighted by molar-refractivity contribution is 8.22. The fourth-order valence-corrected chi connectivity index (χ4v) is 6.72. The van der Waals surface area contributed by atoms with Gasteiger partial charge >= 0.3 is 0 Å². The third-order valence-corrected chi connectivity index (χ3v) is 8.97. The van der Waals surface area contributed by atoms with Gasteiger partial charge in [0.05, 0.1) is 16.3 Å². The normalized spacial score (nSPS) is 16.3. The number of rotatable bonds is 5. The number of benzene rings is 2.